The average Bonchev–Trinajstić information content (AvgIpc) is 2.48. The van der Waals surface area contributed by atoms with Crippen molar-refractivity contribution >= 4 is 39.1 Å². The van der Waals surface area contributed by atoms with Crippen molar-refractivity contribution in [2.75, 3.05) is 18.5 Å². The summed E-state index contributed by atoms with van der Waals surface area (Å²) in [6.45, 7) is 0.900. The molecule has 0 aromatic heterocycles. The van der Waals surface area contributed by atoms with Gasteiger partial charge in [-0.3, -0.25) is 4.79 Å². The molecular weight excluding hydrogens is 377 g/mol. The Balaban J connectivity index is 1.91. The van der Waals surface area contributed by atoms with Crippen molar-refractivity contribution in [1.29, 1.82) is 0 Å². The zero-order valence-corrected chi connectivity index (χ0v) is 13.5. The number of nitrogens with one attached hydrogen (secondary N) is 1. The van der Waals surface area contributed by atoms with Crippen molar-refractivity contribution in [2.45, 2.75) is 0 Å². The Kier molecular flexibility index (Phi) is 4.22. The van der Waals surface area contributed by atoms with E-state index in [-0.39, 0.29) is 10.6 Å². The van der Waals surface area contributed by atoms with Crippen LogP contribution < -0.4 is 14.8 Å². The molecule has 3 rings (SSSR count). The molecule has 0 fully saturated rings. The predicted molar refractivity (Wildman–Crippen MR) is 84.5 cm³/mol. The Morgan fingerprint density at radius 3 is 2.59 bits per heavy atom. The van der Waals surface area contributed by atoms with E-state index in [1.165, 1.54) is 18.2 Å². The van der Waals surface area contributed by atoms with Crippen LogP contribution in [0.15, 0.2) is 34.8 Å². The Hall–Kier alpha value is -1.79. The first-order chi connectivity index (χ1) is 10.6. The van der Waals surface area contributed by atoms with Gasteiger partial charge >= 0.3 is 0 Å². The number of carbonyl (C=O) groups excluding carboxylic acids is 1. The molecule has 0 aliphatic carbocycles. The highest BCUT2D eigenvalue weighted by Crippen LogP contribution is 2.38. The Bertz CT molecular complexity index is 734. The van der Waals surface area contributed by atoms with Gasteiger partial charge in [-0.05, 0) is 28.1 Å². The van der Waals surface area contributed by atoms with Crippen LogP contribution in [0.25, 0.3) is 0 Å². The summed E-state index contributed by atoms with van der Waals surface area (Å²) in [5.41, 5.74) is 0.236. The van der Waals surface area contributed by atoms with Crippen molar-refractivity contribution in [3.05, 3.63) is 51.2 Å². The second-order valence-corrected chi connectivity index (χ2v) is 5.79. The molecule has 0 atom stereocenters. The standard InChI is InChI=1S/C15H10BrClFNO3/c16-8-6-12-13(22-5-4-21-12)7-11(8)19-15(20)14-9(17)2-1-3-10(14)18/h1-3,6-7H,4-5H2,(H,19,20). The molecule has 2 aromatic carbocycles. The van der Waals surface area contributed by atoms with Gasteiger partial charge in [-0.1, -0.05) is 17.7 Å². The smallest absolute Gasteiger partial charge is 0.260 e. The number of rotatable bonds is 2. The summed E-state index contributed by atoms with van der Waals surface area (Å²) >= 11 is 9.22. The minimum atomic E-state index is -0.682. The van der Waals surface area contributed by atoms with Gasteiger partial charge in [0.05, 0.1) is 16.3 Å². The third kappa shape index (κ3) is 2.89. The molecule has 1 aliphatic rings. The molecule has 1 N–H and O–H groups in total. The van der Waals surface area contributed by atoms with Gasteiger partial charge in [0.2, 0.25) is 0 Å². The number of anilines is 1. The Morgan fingerprint density at radius 2 is 1.91 bits per heavy atom. The van der Waals surface area contributed by atoms with Crippen LogP contribution >= 0.6 is 27.5 Å². The van der Waals surface area contributed by atoms with E-state index in [1.54, 1.807) is 12.1 Å². The van der Waals surface area contributed by atoms with E-state index in [0.717, 1.165) is 0 Å². The number of carbonyl (C=O) groups is 1. The number of fused-ring (bicyclic) bond motifs is 1. The van der Waals surface area contributed by atoms with E-state index in [9.17, 15) is 9.18 Å². The second kappa shape index (κ2) is 6.14. The number of ether oxygens (including phenoxy) is 2. The van der Waals surface area contributed by atoms with Gasteiger partial charge in [0, 0.05) is 16.6 Å². The molecule has 2 aromatic rings. The van der Waals surface area contributed by atoms with Gasteiger partial charge in [0.1, 0.15) is 19.0 Å². The third-order valence-electron chi connectivity index (χ3n) is 3.07. The van der Waals surface area contributed by atoms with Crippen LogP contribution in [-0.4, -0.2) is 19.1 Å². The van der Waals surface area contributed by atoms with Crippen LogP contribution in [0.5, 0.6) is 11.5 Å². The van der Waals surface area contributed by atoms with E-state index in [2.05, 4.69) is 21.2 Å². The maximum atomic E-state index is 13.8. The molecule has 1 heterocycles. The third-order valence-corrected chi connectivity index (χ3v) is 4.04. The first kappa shape index (κ1) is 15.1. The predicted octanol–water partition coefficient (Wildman–Crippen LogP) is 4.27. The second-order valence-electron chi connectivity index (χ2n) is 4.53. The van der Waals surface area contributed by atoms with Crippen LogP contribution in [0.2, 0.25) is 5.02 Å². The van der Waals surface area contributed by atoms with Crippen LogP contribution in [0, 0.1) is 5.82 Å². The molecular formula is C15H10BrClFNO3. The van der Waals surface area contributed by atoms with Crippen molar-refractivity contribution in [1.82, 2.24) is 0 Å². The largest absolute Gasteiger partial charge is 0.486 e. The molecule has 0 saturated heterocycles. The molecule has 0 unspecified atom stereocenters. The van der Waals surface area contributed by atoms with Crippen LogP contribution in [0.3, 0.4) is 0 Å². The zero-order chi connectivity index (χ0) is 15.7. The van der Waals surface area contributed by atoms with Gasteiger partial charge in [0.15, 0.2) is 11.5 Å². The summed E-state index contributed by atoms with van der Waals surface area (Å²) in [5.74, 6) is -0.219. The monoisotopic (exact) mass is 385 g/mol. The summed E-state index contributed by atoms with van der Waals surface area (Å²) < 4.78 is 25.3. The lowest BCUT2D eigenvalue weighted by Gasteiger charge is -2.20. The van der Waals surface area contributed by atoms with E-state index in [1.807, 2.05) is 0 Å². The fraction of sp³-hybridized carbons (Fsp3) is 0.133. The van der Waals surface area contributed by atoms with E-state index in [4.69, 9.17) is 21.1 Å². The molecule has 0 saturated carbocycles. The van der Waals surface area contributed by atoms with Gasteiger partial charge in [-0.2, -0.15) is 0 Å². The fourth-order valence-corrected chi connectivity index (χ4v) is 2.73. The Morgan fingerprint density at radius 1 is 1.23 bits per heavy atom. The fourth-order valence-electron chi connectivity index (χ4n) is 2.06. The van der Waals surface area contributed by atoms with Crippen LogP contribution in [0.4, 0.5) is 10.1 Å². The van der Waals surface area contributed by atoms with Gasteiger partial charge in [0.25, 0.3) is 5.91 Å². The lowest BCUT2D eigenvalue weighted by Crippen LogP contribution is -2.17. The van der Waals surface area contributed by atoms with E-state index >= 15 is 0 Å². The van der Waals surface area contributed by atoms with Crippen molar-refractivity contribution in [3.8, 4) is 11.5 Å². The topological polar surface area (TPSA) is 47.6 Å². The lowest BCUT2D eigenvalue weighted by molar-refractivity contribution is 0.102. The molecule has 4 nitrogen and oxygen atoms in total. The van der Waals surface area contributed by atoms with E-state index in [0.29, 0.717) is 34.9 Å². The highest BCUT2D eigenvalue weighted by molar-refractivity contribution is 9.10. The number of amides is 1. The number of halogens is 3. The van der Waals surface area contributed by atoms with Crippen molar-refractivity contribution in [3.63, 3.8) is 0 Å². The zero-order valence-electron chi connectivity index (χ0n) is 11.2. The molecule has 0 spiro atoms. The van der Waals surface area contributed by atoms with Gasteiger partial charge < -0.3 is 14.8 Å². The number of benzene rings is 2. The van der Waals surface area contributed by atoms with Gasteiger partial charge in [-0.25, -0.2) is 4.39 Å². The molecule has 0 radical (unpaired) electrons. The maximum absolute atomic E-state index is 13.8. The summed E-state index contributed by atoms with van der Waals surface area (Å²) in [6, 6.07) is 7.38. The molecule has 22 heavy (non-hydrogen) atoms. The highest BCUT2D eigenvalue weighted by atomic mass is 79.9. The summed E-state index contributed by atoms with van der Waals surface area (Å²) in [6.07, 6.45) is 0. The quantitative estimate of drug-likeness (QED) is 0.839. The number of hydrogen-bond donors (Lipinski definition) is 1. The summed E-state index contributed by atoms with van der Waals surface area (Å²) in [5, 5.41) is 2.66. The van der Waals surface area contributed by atoms with Crippen LogP contribution in [0.1, 0.15) is 10.4 Å². The van der Waals surface area contributed by atoms with Crippen molar-refractivity contribution in [2.24, 2.45) is 0 Å². The molecule has 1 amide bonds. The molecule has 114 valence electrons. The average molecular weight is 387 g/mol. The maximum Gasteiger partial charge on any atom is 0.260 e. The summed E-state index contributed by atoms with van der Waals surface area (Å²) in [7, 11) is 0. The highest BCUT2D eigenvalue weighted by Gasteiger charge is 2.19. The van der Waals surface area contributed by atoms with E-state index < -0.39 is 11.7 Å². The van der Waals surface area contributed by atoms with Gasteiger partial charge in [-0.15, -0.1) is 0 Å². The summed E-state index contributed by atoms with van der Waals surface area (Å²) in [4.78, 5) is 12.2. The SMILES string of the molecule is O=C(Nc1cc2c(cc1Br)OCCO2)c1c(F)cccc1Cl. The molecule has 0 bridgehead atoms. The first-order valence-corrected chi connectivity index (χ1v) is 7.58. The minimum absolute atomic E-state index is 0.0474. The Labute approximate surface area is 139 Å². The normalized spacial score (nSPS) is 12.9. The molecule has 1 aliphatic heterocycles. The molecule has 7 heteroatoms. The lowest BCUT2D eigenvalue weighted by atomic mass is 10.2. The van der Waals surface area contributed by atoms with Crippen molar-refractivity contribution < 1.29 is 18.7 Å². The first-order valence-electron chi connectivity index (χ1n) is 6.41. The number of hydrogen-bond acceptors (Lipinski definition) is 3. The minimum Gasteiger partial charge on any atom is -0.486 e. The van der Waals surface area contributed by atoms with Crippen LogP contribution in [-0.2, 0) is 0 Å².